The molecule has 6 nitrogen and oxygen atoms in total. The Morgan fingerprint density at radius 3 is 2.56 bits per heavy atom. The number of aromatic hydroxyl groups is 1. The summed E-state index contributed by atoms with van der Waals surface area (Å²) in [7, 11) is 0. The minimum absolute atomic E-state index is 0.00927. The Labute approximate surface area is 144 Å². The maximum Gasteiger partial charge on any atom is 0.248 e. The smallest absolute Gasteiger partial charge is 0.248 e. The third kappa shape index (κ3) is 3.81. The van der Waals surface area contributed by atoms with Gasteiger partial charge in [-0.3, -0.25) is 4.79 Å². The van der Waals surface area contributed by atoms with Gasteiger partial charge in [-0.15, -0.1) is 0 Å². The number of phenols is 1. The van der Waals surface area contributed by atoms with Crippen LogP contribution in [0.2, 0.25) is 0 Å². The van der Waals surface area contributed by atoms with E-state index >= 15 is 0 Å². The molecule has 3 rings (SSSR count). The van der Waals surface area contributed by atoms with E-state index in [0.29, 0.717) is 17.4 Å². The highest BCUT2D eigenvalue weighted by Gasteiger charge is 2.15. The lowest BCUT2D eigenvalue weighted by Crippen LogP contribution is -2.27. The molecule has 0 radical (unpaired) electrons. The van der Waals surface area contributed by atoms with E-state index in [2.05, 4.69) is 10.3 Å². The van der Waals surface area contributed by atoms with Crippen molar-refractivity contribution in [1.82, 2.24) is 10.3 Å². The fraction of sp³-hybridized carbons (Fsp3) is 0.211. The zero-order valence-corrected chi connectivity index (χ0v) is 13.7. The van der Waals surface area contributed by atoms with Crippen LogP contribution in [0.1, 0.15) is 17.2 Å². The molecular weight excluding hydrogens is 318 g/mol. The summed E-state index contributed by atoms with van der Waals surface area (Å²) in [6.07, 6.45) is 0.795. The van der Waals surface area contributed by atoms with E-state index in [1.165, 1.54) is 12.1 Å². The fourth-order valence-electron chi connectivity index (χ4n) is 2.91. The van der Waals surface area contributed by atoms with Crippen molar-refractivity contribution in [2.45, 2.75) is 12.5 Å². The number of hydrogen-bond donors (Lipinski definition) is 5. The van der Waals surface area contributed by atoms with Crippen LogP contribution >= 0.6 is 0 Å². The van der Waals surface area contributed by atoms with Gasteiger partial charge >= 0.3 is 0 Å². The van der Waals surface area contributed by atoms with Gasteiger partial charge in [0.15, 0.2) is 0 Å². The van der Waals surface area contributed by atoms with Crippen molar-refractivity contribution in [3.63, 3.8) is 0 Å². The van der Waals surface area contributed by atoms with E-state index in [-0.39, 0.29) is 24.0 Å². The van der Waals surface area contributed by atoms with Gasteiger partial charge in [0, 0.05) is 17.1 Å². The number of phenolic OH excluding ortho intramolecular Hbond substituents is 1. The standard InChI is InChI=1S/C19H21N3O3/c20-13-3-1-12(2-4-13)9-10-21-16(11-23)14-5-7-17(24)19-15(14)6-8-18(25)22-19/h1-8,16,21,23-24H,9-11,20H2,(H,22,25). The summed E-state index contributed by atoms with van der Waals surface area (Å²) in [4.78, 5) is 14.1. The molecule has 2 aromatic carbocycles. The van der Waals surface area contributed by atoms with Gasteiger partial charge in [-0.25, -0.2) is 0 Å². The molecule has 3 aromatic rings. The zero-order chi connectivity index (χ0) is 17.8. The summed E-state index contributed by atoms with van der Waals surface area (Å²) in [6, 6.07) is 13.7. The van der Waals surface area contributed by atoms with Gasteiger partial charge in [0.2, 0.25) is 5.56 Å². The number of aliphatic hydroxyl groups excluding tert-OH is 1. The molecule has 1 unspecified atom stereocenters. The Balaban J connectivity index is 1.79. The number of aromatic amines is 1. The SMILES string of the molecule is Nc1ccc(CCNC(CO)c2ccc(O)c3[nH]c(=O)ccc23)cc1. The number of hydrogen-bond acceptors (Lipinski definition) is 5. The second-order valence-electron chi connectivity index (χ2n) is 5.97. The molecule has 6 heteroatoms. The number of nitrogens with two attached hydrogens (primary N) is 1. The summed E-state index contributed by atoms with van der Waals surface area (Å²) < 4.78 is 0. The van der Waals surface area contributed by atoms with Crippen LogP contribution in [0, 0.1) is 0 Å². The predicted molar refractivity (Wildman–Crippen MR) is 98.6 cm³/mol. The highest BCUT2D eigenvalue weighted by atomic mass is 16.3. The summed E-state index contributed by atoms with van der Waals surface area (Å²) in [5.41, 5.74) is 8.49. The highest BCUT2D eigenvalue weighted by Crippen LogP contribution is 2.28. The number of fused-ring (bicyclic) bond motifs is 1. The average Bonchev–Trinajstić information content (AvgIpc) is 2.62. The molecule has 6 N–H and O–H groups in total. The van der Waals surface area contributed by atoms with Crippen LogP contribution in [0.3, 0.4) is 0 Å². The van der Waals surface area contributed by atoms with E-state index in [1.807, 2.05) is 24.3 Å². The van der Waals surface area contributed by atoms with E-state index in [4.69, 9.17) is 5.73 Å². The van der Waals surface area contributed by atoms with Gasteiger partial charge in [-0.1, -0.05) is 18.2 Å². The van der Waals surface area contributed by atoms with Crippen molar-refractivity contribution in [3.05, 3.63) is 70.0 Å². The third-order valence-electron chi connectivity index (χ3n) is 4.25. The van der Waals surface area contributed by atoms with Crippen molar-refractivity contribution >= 4 is 16.6 Å². The Morgan fingerprint density at radius 1 is 1.08 bits per heavy atom. The minimum Gasteiger partial charge on any atom is -0.506 e. The van der Waals surface area contributed by atoms with Crippen LogP contribution in [0.4, 0.5) is 5.69 Å². The molecule has 0 saturated carbocycles. The molecule has 1 heterocycles. The minimum atomic E-state index is -0.303. The molecule has 1 aromatic heterocycles. The first-order chi connectivity index (χ1) is 12.1. The lowest BCUT2D eigenvalue weighted by Gasteiger charge is -2.19. The molecule has 0 fully saturated rings. The number of H-pyrrole nitrogens is 1. The molecule has 130 valence electrons. The normalized spacial score (nSPS) is 12.4. The van der Waals surface area contributed by atoms with Crippen molar-refractivity contribution in [3.8, 4) is 5.75 Å². The largest absolute Gasteiger partial charge is 0.506 e. The molecule has 0 amide bonds. The quantitative estimate of drug-likeness (QED) is 0.439. The number of benzene rings is 2. The number of anilines is 1. The van der Waals surface area contributed by atoms with Gasteiger partial charge in [-0.2, -0.15) is 0 Å². The Morgan fingerprint density at radius 2 is 1.84 bits per heavy atom. The molecule has 0 aliphatic carbocycles. The average molecular weight is 339 g/mol. The Hall–Kier alpha value is -2.83. The summed E-state index contributed by atoms with van der Waals surface area (Å²) in [5, 5.41) is 23.8. The number of aliphatic hydroxyl groups is 1. The maximum absolute atomic E-state index is 11.5. The Bertz CT molecular complexity index is 919. The highest BCUT2D eigenvalue weighted by molar-refractivity contribution is 5.87. The van der Waals surface area contributed by atoms with Crippen LogP contribution in [0.5, 0.6) is 5.75 Å². The van der Waals surface area contributed by atoms with Gasteiger partial charge < -0.3 is 26.2 Å². The van der Waals surface area contributed by atoms with E-state index in [0.717, 1.165) is 23.2 Å². The van der Waals surface area contributed by atoms with Crippen LogP contribution in [0.25, 0.3) is 10.9 Å². The summed E-state index contributed by atoms with van der Waals surface area (Å²) in [6.45, 7) is 0.571. The first kappa shape index (κ1) is 17.0. The number of aromatic nitrogens is 1. The molecule has 0 saturated heterocycles. The fourth-order valence-corrected chi connectivity index (χ4v) is 2.91. The van der Waals surface area contributed by atoms with Crippen molar-refractivity contribution < 1.29 is 10.2 Å². The molecule has 0 aliphatic heterocycles. The van der Waals surface area contributed by atoms with E-state index in [9.17, 15) is 15.0 Å². The van der Waals surface area contributed by atoms with E-state index in [1.54, 1.807) is 12.1 Å². The first-order valence-electron chi connectivity index (χ1n) is 8.12. The predicted octanol–water partition coefficient (Wildman–Crippen LogP) is 1.68. The lowest BCUT2D eigenvalue weighted by atomic mass is 10.0. The van der Waals surface area contributed by atoms with Gasteiger partial charge in [0.25, 0.3) is 0 Å². The third-order valence-corrected chi connectivity index (χ3v) is 4.25. The topological polar surface area (TPSA) is 111 Å². The van der Waals surface area contributed by atoms with Crippen molar-refractivity contribution in [2.24, 2.45) is 0 Å². The lowest BCUT2D eigenvalue weighted by molar-refractivity contribution is 0.246. The number of pyridine rings is 1. The zero-order valence-electron chi connectivity index (χ0n) is 13.7. The second kappa shape index (κ2) is 7.38. The second-order valence-corrected chi connectivity index (χ2v) is 5.97. The molecule has 0 spiro atoms. The maximum atomic E-state index is 11.5. The summed E-state index contributed by atoms with van der Waals surface area (Å²) >= 11 is 0. The van der Waals surface area contributed by atoms with Crippen LogP contribution in [-0.4, -0.2) is 28.3 Å². The van der Waals surface area contributed by atoms with Gasteiger partial charge in [0.05, 0.1) is 18.2 Å². The van der Waals surface area contributed by atoms with E-state index < -0.39 is 0 Å². The first-order valence-corrected chi connectivity index (χ1v) is 8.12. The van der Waals surface area contributed by atoms with Crippen molar-refractivity contribution in [1.29, 1.82) is 0 Å². The van der Waals surface area contributed by atoms with Gasteiger partial charge in [0.1, 0.15) is 5.75 Å². The van der Waals surface area contributed by atoms with Crippen molar-refractivity contribution in [2.75, 3.05) is 18.9 Å². The number of nitrogen functional groups attached to an aromatic ring is 1. The molecule has 0 aliphatic rings. The molecule has 0 bridgehead atoms. The Kier molecular flexibility index (Phi) is 5.02. The van der Waals surface area contributed by atoms with Crippen LogP contribution in [-0.2, 0) is 6.42 Å². The molecule has 1 atom stereocenters. The molecular formula is C19H21N3O3. The molecule has 25 heavy (non-hydrogen) atoms. The van der Waals surface area contributed by atoms with Crippen LogP contribution in [0.15, 0.2) is 53.3 Å². The monoisotopic (exact) mass is 339 g/mol. The number of nitrogens with one attached hydrogen (secondary N) is 2. The number of rotatable bonds is 6. The summed E-state index contributed by atoms with van der Waals surface area (Å²) in [5.74, 6) is 0.00927. The van der Waals surface area contributed by atoms with Gasteiger partial charge in [-0.05, 0) is 48.4 Å². The van der Waals surface area contributed by atoms with Crippen LogP contribution < -0.4 is 16.6 Å².